The molecular weight excluding hydrogens is 286 g/mol. The SMILES string of the molecule is CCCCCNCc1ccc(C(=O)OCc2ccccc2)cc1. The predicted molar refractivity (Wildman–Crippen MR) is 93.2 cm³/mol. The van der Waals surface area contributed by atoms with Gasteiger partial charge in [-0.25, -0.2) is 4.79 Å². The molecule has 0 aliphatic heterocycles. The van der Waals surface area contributed by atoms with E-state index < -0.39 is 0 Å². The maximum atomic E-state index is 12.0. The van der Waals surface area contributed by atoms with Crippen molar-refractivity contribution < 1.29 is 9.53 Å². The van der Waals surface area contributed by atoms with Crippen molar-refractivity contribution in [2.75, 3.05) is 6.54 Å². The molecule has 0 bridgehead atoms. The van der Waals surface area contributed by atoms with E-state index in [4.69, 9.17) is 4.74 Å². The average molecular weight is 311 g/mol. The van der Waals surface area contributed by atoms with Crippen LogP contribution in [0.5, 0.6) is 0 Å². The second kappa shape index (κ2) is 9.80. The monoisotopic (exact) mass is 311 g/mol. The zero-order valence-corrected chi connectivity index (χ0v) is 13.8. The number of hydrogen-bond donors (Lipinski definition) is 1. The Morgan fingerprint density at radius 3 is 2.39 bits per heavy atom. The average Bonchev–Trinajstić information content (AvgIpc) is 2.61. The molecule has 3 heteroatoms. The number of esters is 1. The van der Waals surface area contributed by atoms with E-state index in [0.29, 0.717) is 12.2 Å². The van der Waals surface area contributed by atoms with Gasteiger partial charge in [-0.05, 0) is 36.2 Å². The van der Waals surface area contributed by atoms with Crippen molar-refractivity contribution in [1.82, 2.24) is 5.32 Å². The van der Waals surface area contributed by atoms with E-state index in [9.17, 15) is 4.79 Å². The first-order valence-electron chi connectivity index (χ1n) is 8.30. The summed E-state index contributed by atoms with van der Waals surface area (Å²) in [5.74, 6) is -0.281. The van der Waals surface area contributed by atoms with E-state index in [1.165, 1.54) is 24.8 Å². The van der Waals surface area contributed by atoms with Crippen molar-refractivity contribution in [2.24, 2.45) is 0 Å². The number of carbonyl (C=O) groups excluding carboxylic acids is 1. The topological polar surface area (TPSA) is 38.3 Å². The summed E-state index contributed by atoms with van der Waals surface area (Å²) in [7, 11) is 0. The molecule has 0 aromatic heterocycles. The summed E-state index contributed by atoms with van der Waals surface area (Å²) < 4.78 is 5.32. The first kappa shape index (κ1) is 17.2. The lowest BCUT2D eigenvalue weighted by molar-refractivity contribution is 0.0472. The third-order valence-electron chi connectivity index (χ3n) is 3.69. The van der Waals surface area contributed by atoms with Gasteiger partial charge in [0, 0.05) is 6.54 Å². The van der Waals surface area contributed by atoms with E-state index in [-0.39, 0.29) is 5.97 Å². The standard InChI is InChI=1S/C20H25NO2/c1-2-3-7-14-21-15-17-10-12-19(13-11-17)20(22)23-16-18-8-5-4-6-9-18/h4-6,8-13,21H,2-3,7,14-16H2,1H3. The number of ether oxygens (including phenoxy) is 1. The van der Waals surface area contributed by atoms with Crippen LogP contribution in [0.4, 0.5) is 0 Å². The number of carbonyl (C=O) groups is 1. The van der Waals surface area contributed by atoms with Gasteiger partial charge in [0.15, 0.2) is 0 Å². The Bertz CT molecular complexity index is 578. The van der Waals surface area contributed by atoms with Crippen molar-refractivity contribution in [3.05, 3.63) is 71.3 Å². The van der Waals surface area contributed by atoms with E-state index in [1.54, 1.807) is 0 Å². The third kappa shape index (κ3) is 6.25. The number of hydrogen-bond acceptors (Lipinski definition) is 3. The molecule has 1 N–H and O–H groups in total. The lowest BCUT2D eigenvalue weighted by Gasteiger charge is -2.07. The predicted octanol–water partition coefficient (Wildman–Crippen LogP) is 4.32. The summed E-state index contributed by atoms with van der Waals surface area (Å²) in [5, 5.41) is 3.42. The van der Waals surface area contributed by atoms with Crippen LogP contribution in [0.15, 0.2) is 54.6 Å². The van der Waals surface area contributed by atoms with E-state index in [1.807, 2.05) is 54.6 Å². The summed E-state index contributed by atoms with van der Waals surface area (Å²) >= 11 is 0. The van der Waals surface area contributed by atoms with Crippen LogP contribution in [0.2, 0.25) is 0 Å². The van der Waals surface area contributed by atoms with Crippen LogP contribution < -0.4 is 5.32 Å². The third-order valence-corrected chi connectivity index (χ3v) is 3.69. The molecule has 2 rings (SSSR count). The molecule has 23 heavy (non-hydrogen) atoms. The van der Waals surface area contributed by atoms with Gasteiger partial charge in [0.05, 0.1) is 5.56 Å². The normalized spacial score (nSPS) is 10.5. The molecule has 0 heterocycles. The summed E-state index contributed by atoms with van der Waals surface area (Å²) in [6, 6.07) is 17.3. The zero-order chi connectivity index (χ0) is 16.3. The highest BCUT2D eigenvalue weighted by molar-refractivity contribution is 5.89. The molecule has 122 valence electrons. The van der Waals surface area contributed by atoms with Crippen LogP contribution in [0.1, 0.15) is 47.7 Å². The molecule has 0 radical (unpaired) electrons. The molecule has 0 saturated heterocycles. The number of rotatable bonds is 9. The Labute approximate surface area is 138 Å². The molecule has 0 amide bonds. The lowest BCUT2D eigenvalue weighted by Crippen LogP contribution is -2.14. The maximum Gasteiger partial charge on any atom is 0.338 e. The summed E-state index contributed by atoms with van der Waals surface area (Å²) in [5.41, 5.74) is 2.77. The van der Waals surface area contributed by atoms with Gasteiger partial charge < -0.3 is 10.1 Å². The highest BCUT2D eigenvalue weighted by Gasteiger charge is 2.07. The first-order valence-corrected chi connectivity index (χ1v) is 8.30. The Morgan fingerprint density at radius 1 is 0.957 bits per heavy atom. The molecule has 0 unspecified atom stereocenters. The first-order chi connectivity index (χ1) is 11.3. The summed E-state index contributed by atoms with van der Waals surface area (Å²) in [4.78, 5) is 12.0. The fourth-order valence-corrected chi connectivity index (χ4v) is 2.30. The number of nitrogens with one attached hydrogen (secondary N) is 1. The van der Waals surface area contributed by atoms with Crippen LogP contribution in [0.25, 0.3) is 0 Å². The van der Waals surface area contributed by atoms with Crippen LogP contribution >= 0.6 is 0 Å². The molecule has 0 aliphatic rings. The van der Waals surface area contributed by atoms with Gasteiger partial charge in [-0.15, -0.1) is 0 Å². The second-order valence-electron chi connectivity index (χ2n) is 5.64. The number of unbranched alkanes of at least 4 members (excludes halogenated alkanes) is 2. The molecule has 3 nitrogen and oxygen atoms in total. The van der Waals surface area contributed by atoms with Crippen LogP contribution in [0.3, 0.4) is 0 Å². The van der Waals surface area contributed by atoms with Crippen LogP contribution in [-0.2, 0) is 17.9 Å². The van der Waals surface area contributed by atoms with E-state index in [0.717, 1.165) is 18.7 Å². The largest absolute Gasteiger partial charge is 0.457 e. The van der Waals surface area contributed by atoms with E-state index in [2.05, 4.69) is 12.2 Å². The van der Waals surface area contributed by atoms with Crippen LogP contribution in [0, 0.1) is 0 Å². The van der Waals surface area contributed by atoms with Crippen molar-refractivity contribution in [3.8, 4) is 0 Å². The fourth-order valence-electron chi connectivity index (χ4n) is 2.30. The van der Waals surface area contributed by atoms with E-state index >= 15 is 0 Å². The minimum Gasteiger partial charge on any atom is -0.457 e. The molecule has 2 aromatic rings. The van der Waals surface area contributed by atoms with Gasteiger partial charge in [0.1, 0.15) is 6.61 Å². The quantitative estimate of drug-likeness (QED) is 0.553. The number of benzene rings is 2. The second-order valence-corrected chi connectivity index (χ2v) is 5.64. The molecular formula is C20H25NO2. The summed E-state index contributed by atoms with van der Waals surface area (Å²) in [6.45, 7) is 4.38. The minimum absolute atomic E-state index is 0.281. The van der Waals surface area contributed by atoms with Gasteiger partial charge >= 0.3 is 5.97 Å². The Balaban J connectivity index is 1.76. The fraction of sp³-hybridized carbons (Fsp3) is 0.350. The smallest absolute Gasteiger partial charge is 0.338 e. The van der Waals surface area contributed by atoms with Gasteiger partial charge in [-0.2, -0.15) is 0 Å². The van der Waals surface area contributed by atoms with Gasteiger partial charge in [0.25, 0.3) is 0 Å². The zero-order valence-electron chi connectivity index (χ0n) is 13.8. The molecule has 0 fully saturated rings. The Morgan fingerprint density at radius 2 is 1.70 bits per heavy atom. The maximum absolute atomic E-state index is 12.0. The molecule has 0 atom stereocenters. The molecule has 0 saturated carbocycles. The van der Waals surface area contributed by atoms with Crippen LogP contribution in [-0.4, -0.2) is 12.5 Å². The van der Waals surface area contributed by atoms with Gasteiger partial charge in [-0.1, -0.05) is 62.2 Å². The molecule has 2 aromatic carbocycles. The van der Waals surface area contributed by atoms with Gasteiger partial charge in [0.2, 0.25) is 0 Å². The van der Waals surface area contributed by atoms with Crippen molar-refractivity contribution in [2.45, 2.75) is 39.3 Å². The minimum atomic E-state index is -0.281. The Kier molecular flexibility index (Phi) is 7.34. The van der Waals surface area contributed by atoms with Crippen molar-refractivity contribution in [1.29, 1.82) is 0 Å². The molecule has 0 spiro atoms. The molecule has 0 aliphatic carbocycles. The Hall–Kier alpha value is -2.13. The highest BCUT2D eigenvalue weighted by Crippen LogP contribution is 2.08. The highest BCUT2D eigenvalue weighted by atomic mass is 16.5. The van der Waals surface area contributed by atoms with Crippen molar-refractivity contribution >= 4 is 5.97 Å². The lowest BCUT2D eigenvalue weighted by atomic mass is 10.1. The van der Waals surface area contributed by atoms with Gasteiger partial charge in [-0.3, -0.25) is 0 Å². The van der Waals surface area contributed by atoms with Crippen molar-refractivity contribution in [3.63, 3.8) is 0 Å². The summed E-state index contributed by atoms with van der Waals surface area (Å²) in [6.07, 6.45) is 3.71.